The molecule has 3 atom stereocenters. The Labute approximate surface area is 157 Å². The van der Waals surface area contributed by atoms with E-state index in [-0.39, 0.29) is 17.1 Å². The van der Waals surface area contributed by atoms with Crippen LogP contribution >= 0.6 is 0 Å². The molecule has 0 aliphatic heterocycles. The van der Waals surface area contributed by atoms with Gasteiger partial charge in [0, 0.05) is 0 Å². The maximum atomic E-state index is 11.2. The molecule has 0 saturated heterocycles. The minimum atomic E-state index is -1.96. The molecule has 0 radical (unpaired) electrons. The van der Waals surface area contributed by atoms with Gasteiger partial charge in [-0.3, -0.25) is 0 Å². The van der Waals surface area contributed by atoms with Crippen LogP contribution in [0.3, 0.4) is 0 Å². The second-order valence-electron chi connectivity index (χ2n) is 8.29. The molecule has 1 amide bonds. The number of hydrogen-bond acceptors (Lipinski definition) is 4. The van der Waals surface area contributed by atoms with E-state index < -0.39 is 20.5 Å². The molecule has 6 heteroatoms. The second-order valence-corrected chi connectivity index (χ2v) is 13.1. The number of carbonyl (C=O) groups is 1. The van der Waals surface area contributed by atoms with E-state index in [9.17, 15) is 4.79 Å². The molecule has 2 rings (SSSR count). The maximum absolute atomic E-state index is 11.2. The summed E-state index contributed by atoms with van der Waals surface area (Å²) in [5.74, 6) is -0.0969. The van der Waals surface area contributed by atoms with Gasteiger partial charge in [-0.15, -0.1) is 0 Å². The monoisotopic (exact) mass is 377 g/mol. The van der Waals surface area contributed by atoms with Crippen LogP contribution in [0.25, 0.3) is 0 Å². The second kappa shape index (κ2) is 8.37. The molecule has 1 aliphatic carbocycles. The zero-order valence-electron chi connectivity index (χ0n) is 16.4. The zero-order chi connectivity index (χ0) is 19.4. The Balaban J connectivity index is 2.03. The van der Waals surface area contributed by atoms with E-state index in [1.165, 1.54) is 0 Å². The summed E-state index contributed by atoms with van der Waals surface area (Å²) in [6.07, 6.45) is 2.50. The molecule has 5 nitrogen and oxygen atoms in total. The van der Waals surface area contributed by atoms with E-state index in [2.05, 4.69) is 33.9 Å². The number of hydrogen-bond donors (Lipinski definition) is 1. The zero-order valence-corrected chi connectivity index (χ0v) is 17.4. The summed E-state index contributed by atoms with van der Waals surface area (Å²) in [6, 6.07) is 9.99. The normalized spacial score (nSPS) is 23.2. The van der Waals surface area contributed by atoms with Gasteiger partial charge in [-0.2, -0.15) is 0 Å². The molecule has 0 spiro atoms. The number of amides is 1. The van der Waals surface area contributed by atoms with Crippen LogP contribution in [0.5, 0.6) is 0 Å². The number of ether oxygens (including phenoxy) is 2. The number of rotatable bonds is 7. The molecule has 26 heavy (non-hydrogen) atoms. The van der Waals surface area contributed by atoms with Gasteiger partial charge in [0.15, 0.2) is 8.32 Å². The first-order valence-electron chi connectivity index (χ1n) is 9.04. The van der Waals surface area contributed by atoms with Gasteiger partial charge in [-0.25, -0.2) is 4.79 Å². The Morgan fingerprint density at radius 3 is 2.31 bits per heavy atom. The summed E-state index contributed by atoms with van der Waals surface area (Å²) in [4.78, 5) is 11.2. The predicted octanol–water partition coefficient (Wildman–Crippen LogP) is 4.24. The molecule has 0 fully saturated rings. The highest BCUT2D eigenvalue weighted by atomic mass is 28.4. The van der Waals surface area contributed by atoms with Crippen LogP contribution in [0.15, 0.2) is 42.5 Å². The van der Waals surface area contributed by atoms with Crippen LogP contribution in [0.4, 0.5) is 4.79 Å². The summed E-state index contributed by atoms with van der Waals surface area (Å²) in [6.45, 7) is 12.0. The third-order valence-corrected chi connectivity index (χ3v) is 9.72. The number of carbonyl (C=O) groups excluding carboxylic acids is 1. The molecular weight excluding hydrogens is 346 g/mol. The lowest BCUT2D eigenvalue weighted by atomic mass is 10.0. The van der Waals surface area contributed by atoms with Gasteiger partial charge in [0.2, 0.25) is 0 Å². The van der Waals surface area contributed by atoms with Crippen molar-refractivity contribution in [2.75, 3.05) is 6.61 Å². The molecule has 1 aromatic rings. The van der Waals surface area contributed by atoms with Crippen LogP contribution in [-0.2, 0) is 20.5 Å². The van der Waals surface area contributed by atoms with Crippen LogP contribution in [0.2, 0.25) is 18.1 Å². The summed E-state index contributed by atoms with van der Waals surface area (Å²) in [5, 5.41) is 0.0961. The van der Waals surface area contributed by atoms with Crippen molar-refractivity contribution in [3.05, 3.63) is 48.0 Å². The van der Waals surface area contributed by atoms with Crippen molar-refractivity contribution in [1.29, 1.82) is 0 Å². The Bertz CT molecular complexity index is 624. The smallest absolute Gasteiger partial charge is 0.405 e. The van der Waals surface area contributed by atoms with Crippen molar-refractivity contribution in [2.45, 2.75) is 57.7 Å². The third-order valence-electron chi connectivity index (χ3n) is 5.25. The fourth-order valence-electron chi connectivity index (χ4n) is 2.67. The van der Waals surface area contributed by atoms with Gasteiger partial charge in [0.25, 0.3) is 0 Å². The van der Waals surface area contributed by atoms with Crippen LogP contribution in [0.1, 0.15) is 26.3 Å². The minimum absolute atomic E-state index is 0.0961. The largest absolute Gasteiger partial charge is 0.442 e. The highest BCUT2D eigenvalue weighted by Gasteiger charge is 2.43. The van der Waals surface area contributed by atoms with Crippen LogP contribution in [0, 0.1) is 5.92 Å². The lowest BCUT2D eigenvalue weighted by Gasteiger charge is -2.40. The Morgan fingerprint density at radius 2 is 1.73 bits per heavy atom. The van der Waals surface area contributed by atoms with Gasteiger partial charge in [0.1, 0.15) is 6.10 Å². The topological polar surface area (TPSA) is 70.8 Å². The van der Waals surface area contributed by atoms with Crippen molar-refractivity contribution < 1.29 is 18.7 Å². The van der Waals surface area contributed by atoms with Crippen molar-refractivity contribution in [3.63, 3.8) is 0 Å². The number of benzene rings is 1. The molecule has 0 saturated carbocycles. The van der Waals surface area contributed by atoms with Crippen molar-refractivity contribution in [2.24, 2.45) is 11.7 Å². The summed E-state index contributed by atoms with van der Waals surface area (Å²) in [5.41, 5.74) is 6.33. The molecule has 1 aromatic carbocycles. The van der Waals surface area contributed by atoms with E-state index >= 15 is 0 Å². The molecule has 0 bridgehead atoms. The predicted molar refractivity (Wildman–Crippen MR) is 105 cm³/mol. The number of primary amides is 1. The summed E-state index contributed by atoms with van der Waals surface area (Å²) >= 11 is 0. The molecule has 0 heterocycles. The van der Waals surface area contributed by atoms with Crippen molar-refractivity contribution >= 4 is 14.4 Å². The van der Waals surface area contributed by atoms with Crippen LogP contribution in [-0.4, -0.2) is 33.2 Å². The lowest BCUT2D eigenvalue weighted by molar-refractivity contribution is -0.00104. The SMILES string of the molecule is CC(C)(C)[Si](C)(C)O[C@H]1C=C[C@@H](OC(N)=O)[C@@H]1COCc1ccccc1. The van der Waals surface area contributed by atoms with Gasteiger partial charge in [0.05, 0.1) is 25.2 Å². The number of nitrogens with two attached hydrogens (primary N) is 1. The van der Waals surface area contributed by atoms with Gasteiger partial charge >= 0.3 is 6.09 Å². The molecule has 0 aromatic heterocycles. The molecule has 2 N–H and O–H groups in total. The Kier molecular flexibility index (Phi) is 6.66. The lowest BCUT2D eigenvalue weighted by Crippen LogP contribution is -2.46. The van der Waals surface area contributed by atoms with E-state index in [1.807, 2.05) is 42.5 Å². The van der Waals surface area contributed by atoms with Crippen molar-refractivity contribution in [1.82, 2.24) is 0 Å². The first-order valence-corrected chi connectivity index (χ1v) is 11.9. The fourth-order valence-corrected chi connectivity index (χ4v) is 3.96. The van der Waals surface area contributed by atoms with E-state index in [1.54, 1.807) is 0 Å². The third kappa shape index (κ3) is 5.43. The summed E-state index contributed by atoms with van der Waals surface area (Å²) in [7, 11) is -1.96. The molecular formula is C20H31NO4Si. The Morgan fingerprint density at radius 1 is 1.12 bits per heavy atom. The van der Waals surface area contributed by atoms with Gasteiger partial charge in [-0.1, -0.05) is 57.2 Å². The van der Waals surface area contributed by atoms with Crippen molar-refractivity contribution in [3.8, 4) is 0 Å². The highest BCUT2D eigenvalue weighted by molar-refractivity contribution is 6.74. The Hall–Kier alpha value is -1.63. The average molecular weight is 378 g/mol. The fraction of sp³-hybridized carbons (Fsp3) is 0.550. The summed E-state index contributed by atoms with van der Waals surface area (Å²) < 4.78 is 17.7. The quantitative estimate of drug-likeness (QED) is 0.570. The van der Waals surface area contributed by atoms with Gasteiger partial charge < -0.3 is 19.6 Å². The minimum Gasteiger partial charge on any atom is -0.442 e. The van der Waals surface area contributed by atoms with Crippen LogP contribution < -0.4 is 5.73 Å². The standard InChI is InChI=1S/C20H31NO4Si/c1-20(2,3)26(4,5)25-18-12-11-17(24-19(21)22)16(18)14-23-13-15-9-7-6-8-10-15/h6-12,16-18H,13-14H2,1-5H3,(H2,21,22)/t16-,17+,18-/m0/s1. The van der Waals surface area contributed by atoms with E-state index in [4.69, 9.17) is 19.6 Å². The maximum Gasteiger partial charge on any atom is 0.405 e. The average Bonchev–Trinajstić information content (AvgIpc) is 2.88. The molecule has 1 aliphatic rings. The first kappa shape index (κ1) is 20.7. The molecule has 0 unspecified atom stereocenters. The van der Waals surface area contributed by atoms with E-state index in [0.717, 1.165) is 5.56 Å². The van der Waals surface area contributed by atoms with E-state index in [0.29, 0.717) is 13.2 Å². The highest BCUT2D eigenvalue weighted by Crippen LogP contribution is 2.40. The molecule has 144 valence electrons. The van der Waals surface area contributed by atoms with Gasteiger partial charge in [-0.05, 0) is 29.8 Å². The first-order chi connectivity index (χ1) is 12.1.